The quantitative estimate of drug-likeness (QED) is 0.476. The molecular formula is C13H21N3O5. The molecule has 8 heteroatoms. The third kappa shape index (κ3) is 5.05. The Labute approximate surface area is 123 Å². The van der Waals surface area contributed by atoms with E-state index in [2.05, 4.69) is 15.4 Å². The predicted molar refractivity (Wildman–Crippen MR) is 73.2 cm³/mol. The molecule has 118 valence electrons. The van der Waals surface area contributed by atoms with Gasteiger partial charge in [-0.2, -0.15) is 0 Å². The molecular weight excluding hydrogens is 278 g/mol. The minimum absolute atomic E-state index is 0.0432. The number of urea groups is 1. The number of imide groups is 1. The van der Waals surface area contributed by atoms with E-state index in [4.69, 9.17) is 0 Å². The monoisotopic (exact) mass is 299 g/mol. The van der Waals surface area contributed by atoms with Crippen molar-refractivity contribution < 1.29 is 23.9 Å². The Morgan fingerprint density at radius 1 is 1.38 bits per heavy atom. The fourth-order valence-corrected chi connectivity index (χ4v) is 1.94. The number of carbonyl (C=O) groups excluding carboxylic acids is 4. The molecule has 0 aromatic heterocycles. The van der Waals surface area contributed by atoms with Gasteiger partial charge in [-0.25, -0.2) is 4.79 Å². The summed E-state index contributed by atoms with van der Waals surface area (Å²) in [5.41, 5.74) is 0. The van der Waals surface area contributed by atoms with Crippen LogP contribution in [0.4, 0.5) is 4.79 Å². The zero-order valence-electron chi connectivity index (χ0n) is 12.3. The predicted octanol–water partition coefficient (Wildman–Crippen LogP) is -0.224. The van der Waals surface area contributed by atoms with Crippen molar-refractivity contribution in [2.45, 2.75) is 38.6 Å². The standard InChI is InChI=1S/C13H21N3O5/c1-3-4-5-9-12(19)16(13(20)15-9)8-10(17)14-7-6-11(18)21-2/h9H,3-8H2,1-2H3,(H,14,17)(H,15,20). The molecule has 1 saturated heterocycles. The normalized spacial score (nSPS) is 17.6. The molecule has 1 unspecified atom stereocenters. The second kappa shape index (κ2) is 8.23. The highest BCUT2D eigenvalue weighted by Crippen LogP contribution is 2.11. The summed E-state index contributed by atoms with van der Waals surface area (Å²) in [5.74, 6) is -1.31. The van der Waals surface area contributed by atoms with Gasteiger partial charge in [0.25, 0.3) is 5.91 Å². The van der Waals surface area contributed by atoms with E-state index in [1.165, 1.54) is 7.11 Å². The lowest BCUT2D eigenvalue weighted by Crippen LogP contribution is -2.41. The molecule has 21 heavy (non-hydrogen) atoms. The Bertz CT molecular complexity index is 424. The molecule has 1 fully saturated rings. The second-order valence-electron chi connectivity index (χ2n) is 4.74. The minimum atomic E-state index is -0.552. The first-order valence-electron chi connectivity index (χ1n) is 6.95. The van der Waals surface area contributed by atoms with E-state index in [-0.39, 0.29) is 25.4 Å². The Kier molecular flexibility index (Phi) is 6.64. The van der Waals surface area contributed by atoms with E-state index in [0.717, 1.165) is 17.7 Å². The summed E-state index contributed by atoms with van der Waals surface area (Å²) in [6.45, 7) is 1.76. The van der Waals surface area contributed by atoms with Crippen molar-refractivity contribution in [3.63, 3.8) is 0 Å². The number of amides is 4. The molecule has 1 rings (SSSR count). The third-order valence-electron chi connectivity index (χ3n) is 3.13. The minimum Gasteiger partial charge on any atom is -0.469 e. The summed E-state index contributed by atoms with van der Waals surface area (Å²) in [6, 6.07) is -1.09. The number of nitrogens with one attached hydrogen (secondary N) is 2. The fourth-order valence-electron chi connectivity index (χ4n) is 1.94. The van der Waals surface area contributed by atoms with Crippen molar-refractivity contribution in [1.29, 1.82) is 0 Å². The Morgan fingerprint density at radius 2 is 2.10 bits per heavy atom. The lowest BCUT2D eigenvalue weighted by atomic mass is 10.1. The van der Waals surface area contributed by atoms with E-state index < -0.39 is 23.9 Å². The molecule has 2 N–H and O–H groups in total. The summed E-state index contributed by atoms with van der Waals surface area (Å²) in [5, 5.41) is 5.02. The number of methoxy groups -OCH3 is 1. The van der Waals surface area contributed by atoms with Crippen molar-refractivity contribution in [2.24, 2.45) is 0 Å². The van der Waals surface area contributed by atoms with Crippen LogP contribution in [0.25, 0.3) is 0 Å². The van der Waals surface area contributed by atoms with Crippen LogP contribution < -0.4 is 10.6 Å². The Morgan fingerprint density at radius 3 is 2.71 bits per heavy atom. The molecule has 0 saturated carbocycles. The van der Waals surface area contributed by atoms with Crippen molar-refractivity contribution in [2.75, 3.05) is 20.2 Å². The molecule has 0 radical (unpaired) electrons. The third-order valence-corrected chi connectivity index (χ3v) is 3.13. The topological polar surface area (TPSA) is 105 Å². The molecule has 1 atom stereocenters. The average Bonchev–Trinajstić information content (AvgIpc) is 2.72. The highest BCUT2D eigenvalue weighted by Gasteiger charge is 2.38. The van der Waals surface area contributed by atoms with E-state index in [0.29, 0.717) is 6.42 Å². The number of hydrogen-bond acceptors (Lipinski definition) is 5. The maximum absolute atomic E-state index is 12.0. The van der Waals surface area contributed by atoms with Gasteiger partial charge in [-0.1, -0.05) is 19.8 Å². The van der Waals surface area contributed by atoms with E-state index >= 15 is 0 Å². The number of carbonyl (C=O) groups is 4. The van der Waals surface area contributed by atoms with Crippen LogP contribution in [-0.2, 0) is 19.1 Å². The highest BCUT2D eigenvalue weighted by molar-refractivity contribution is 6.06. The molecule has 1 aliphatic rings. The molecule has 0 aromatic rings. The molecule has 0 bridgehead atoms. The summed E-state index contributed by atoms with van der Waals surface area (Å²) in [7, 11) is 1.26. The maximum Gasteiger partial charge on any atom is 0.325 e. The summed E-state index contributed by atoms with van der Waals surface area (Å²) in [4.78, 5) is 47.1. The number of unbranched alkanes of at least 4 members (excludes halogenated alkanes) is 1. The van der Waals surface area contributed by atoms with E-state index in [9.17, 15) is 19.2 Å². The van der Waals surface area contributed by atoms with Gasteiger partial charge in [0.15, 0.2) is 0 Å². The zero-order valence-corrected chi connectivity index (χ0v) is 12.3. The average molecular weight is 299 g/mol. The number of esters is 1. The zero-order chi connectivity index (χ0) is 15.8. The highest BCUT2D eigenvalue weighted by atomic mass is 16.5. The summed E-state index contributed by atoms with van der Waals surface area (Å²) >= 11 is 0. The van der Waals surface area contributed by atoms with Gasteiger partial charge in [-0.05, 0) is 6.42 Å². The van der Waals surface area contributed by atoms with Gasteiger partial charge in [0.1, 0.15) is 12.6 Å². The van der Waals surface area contributed by atoms with Gasteiger partial charge >= 0.3 is 12.0 Å². The van der Waals surface area contributed by atoms with Crippen molar-refractivity contribution in [1.82, 2.24) is 15.5 Å². The van der Waals surface area contributed by atoms with Crippen molar-refractivity contribution in [3.05, 3.63) is 0 Å². The molecule has 0 spiro atoms. The van der Waals surface area contributed by atoms with Gasteiger partial charge in [0, 0.05) is 6.54 Å². The first-order valence-corrected chi connectivity index (χ1v) is 6.95. The van der Waals surface area contributed by atoms with Crippen LogP contribution in [0.15, 0.2) is 0 Å². The van der Waals surface area contributed by atoms with Crippen molar-refractivity contribution in [3.8, 4) is 0 Å². The van der Waals surface area contributed by atoms with Gasteiger partial charge in [0.05, 0.1) is 13.5 Å². The Balaban J connectivity index is 2.39. The van der Waals surface area contributed by atoms with Crippen LogP contribution in [-0.4, -0.2) is 55.0 Å². The smallest absolute Gasteiger partial charge is 0.325 e. The molecule has 8 nitrogen and oxygen atoms in total. The molecule has 0 aliphatic carbocycles. The summed E-state index contributed by atoms with van der Waals surface area (Å²) < 4.78 is 4.43. The van der Waals surface area contributed by atoms with E-state index in [1.807, 2.05) is 6.92 Å². The van der Waals surface area contributed by atoms with Gasteiger partial charge in [-0.3, -0.25) is 19.3 Å². The van der Waals surface area contributed by atoms with Crippen LogP contribution in [0.2, 0.25) is 0 Å². The maximum atomic E-state index is 12.0. The number of ether oxygens (including phenoxy) is 1. The molecule has 1 heterocycles. The molecule has 0 aromatic carbocycles. The van der Waals surface area contributed by atoms with Crippen LogP contribution >= 0.6 is 0 Å². The Hall–Kier alpha value is -2.12. The number of rotatable bonds is 8. The largest absolute Gasteiger partial charge is 0.469 e. The first-order chi connectivity index (χ1) is 9.99. The molecule has 4 amide bonds. The first kappa shape index (κ1) is 16.9. The van der Waals surface area contributed by atoms with Crippen LogP contribution in [0.5, 0.6) is 0 Å². The lowest BCUT2D eigenvalue weighted by molar-refractivity contribution is -0.140. The van der Waals surface area contributed by atoms with Gasteiger partial charge in [0.2, 0.25) is 5.91 Å². The van der Waals surface area contributed by atoms with Gasteiger partial charge < -0.3 is 15.4 Å². The molecule has 1 aliphatic heterocycles. The van der Waals surface area contributed by atoms with Gasteiger partial charge in [-0.15, -0.1) is 0 Å². The SMILES string of the molecule is CCCCC1NC(=O)N(CC(=O)NCCC(=O)OC)C1=O. The van der Waals surface area contributed by atoms with Crippen LogP contribution in [0, 0.1) is 0 Å². The van der Waals surface area contributed by atoms with Crippen molar-refractivity contribution >= 4 is 23.8 Å². The summed E-state index contributed by atoms with van der Waals surface area (Å²) in [6.07, 6.45) is 2.37. The van der Waals surface area contributed by atoms with Crippen LogP contribution in [0.3, 0.4) is 0 Å². The lowest BCUT2D eigenvalue weighted by Gasteiger charge is -2.12. The van der Waals surface area contributed by atoms with Crippen LogP contribution in [0.1, 0.15) is 32.6 Å². The number of nitrogens with zero attached hydrogens (tertiary/aromatic N) is 1. The fraction of sp³-hybridized carbons (Fsp3) is 0.692. The van der Waals surface area contributed by atoms with E-state index in [1.54, 1.807) is 0 Å². The second-order valence-corrected chi connectivity index (χ2v) is 4.74. The number of hydrogen-bond donors (Lipinski definition) is 2.